The van der Waals surface area contributed by atoms with Gasteiger partial charge in [0.25, 0.3) is 5.69 Å². The fourth-order valence-electron chi connectivity index (χ4n) is 2.55. The van der Waals surface area contributed by atoms with Gasteiger partial charge in [-0.3, -0.25) is 14.9 Å². The van der Waals surface area contributed by atoms with E-state index in [1.54, 1.807) is 0 Å². The molecular formula is C14H19ClN4O3. The predicted molar refractivity (Wildman–Crippen MR) is 86.7 cm³/mol. The molecule has 1 aromatic rings. The van der Waals surface area contributed by atoms with E-state index in [4.69, 9.17) is 11.6 Å². The van der Waals surface area contributed by atoms with Gasteiger partial charge in [-0.05, 0) is 12.5 Å². The monoisotopic (exact) mass is 326 g/mol. The largest absolute Gasteiger partial charge is 0.367 e. The molecule has 0 spiro atoms. The SMILES string of the molecule is CC[C@H]1CN(c2cc([N+](=O)[O-])c(NC(C)=O)cc2Cl)CCN1. The van der Waals surface area contributed by atoms with Crippen LogP contribution < -0.4 is 15.5 Å². The molecule has 2 rings (SSSR count). The molecule has 8 heteroatoms. The van der Waals surface area contributed by atoms with Crippen molar-refractivity contribution >= 4 is 34.6 Å². The number of hydrogen-bond donors (Lipinski definition) is 2. The van der Waals surface area contributed by atoms with E-state index in [0.29, 0.717) is 16.8 Å². The molecule has 1 aliphatic heterocycles. The van der Waals surface area contributed by atoms with E-state index in [1.165, 1.54) is 19.1 Å². The Kier molecular flexibility index (Phi) is 5.20. The van der Waals surface area contributed by atoms with Gasteiger partial charge >= 0.3 is 0 Å². The first-order chi connectivity index (χ1) is 10.4. The van der Waals surface area contributed by atoms with Gasteiger partial charge < -0.3 is 15.5 Å². The van der Waals surface area contributed by atoms with Crippen LogP contribution in [0.2, 0.25) is 5.02 Å². The van der Waals surface area contributed by atoms with Crippen LogP contribution in [0.25, 0.3) is 0 Å². The van der Waals surface area contributed by atoms with Gasteiger partial charge in [-0.25, -0.2) is 0 Å². The summed E-state index contributed by atoms with van der Waals surface area (Å²) in [5.41, 5.74) is 0.594. The quantitative estimate of drug-likeness (QED) is 0.655. The van der Waals surface area contributed by atoms with Gasteiger partial charge in [0.1, 0.15) is 5.69 Å². The van der Waals surface area contributed by atoms with Crippen molar-refractivity contribution < 1.29 is 9.72 Å². The van der Waals surface area contributed by atoms with E-state index in [1.807, 2.05) is 4.90 Å². The number of anilines is 2. The molecule has 1 heterocycles. The number of rotatable bonds is 4. The molecule has 1 aliphatic rings. The molecule has 7 nitrogen and oxygen atoms in total. The van der Waals surface area contributed by atoms with E-state index in [2.05, 4.69) is 17.6 Å². The zero-order valence-electron chi connectivity index (χ0n) is 12.6. The van der Waals surface area contributed by atoms with Gasteiger partial charge in [-0.1, -0.05) is 18.5 Å². The summed E-state index contributed by atoms with van der Waals surface area (Å²) < 4.78 is 0. The highest BCUT2D eigenvalue weighted by Gasteiger charge is 2.24. The summed E-state index contributed by atoms with van der Waals surface area (Å²) in [6.45, 7) is 5.66. The van der Waals surface area contributed by atoms with Crippen LogP contribution in [0, 0.1) is 10.1 Å². The lowest BCUT2D eigenvalue weighted by Gasteiger charge is -2.35. The Morgan fingerprint density at radius 1 is 1.59 bits per heavy atom. The molecule has 1 fully saturated rings. The summed E-state index contributed by atoms with van der Waals surface area (Å²) >= 11 is 6.28. The van der Waals surface area contributed by atoms with E-state index in [-0.39, 0.29) is 17.3 Å². The van der Waals surface area contributed by atoms with Crippen molar-refractivity contribution in [3.63, 3.8) is 0 Å². The van der Waals surface area contributed by atoms with Gasteiger partial charge in [-0.2, -0.15) is 0 Å². The maximum atomic E-state index is 11.3. The normalized spacial score (nSPS) is 18.1. The van der Waals surface area contributed by atoms with E-state index in [0.717, 1.165) is 26.1 Å². The number of nitrogens with zero attached hydrogens (tertiary/aromatic N) is 2. The lowest BCUT2D eigenvalue weighted by molar-refractivity contribution is -0.383. The molecule has 1 aromatic carbocycles. The van der Waals surface area contributed by atoms with Crippen LogP contribution in [0.15, 0.2) is 12.1 Å². The number of nitro benzene ring substituents is 1. The van der Waals surface area contributed by atoms with Crippen molar-refractivity contribution in [2.24, 2.45) is 0 Å². The number of benzene rings is 1. The molecular weight excluding hydrogens is 308 g/mol. The molecule has 0 aromatic heterocycles. The van der Waals surface area contributed by atoms with Gasteiger partial charge in [0.2, 0.25) is 5.91 Å². The first-order valence-corrected chi connectivity index (χ1v) is 7.54. The molecule has 0 bridgehead atoms. The Morgan fingerprint density at radius 3 is 2.91 bits per heavy atom. The molecule has 0 aliphatic carbocycles. The molecule has 1 saturated heterocycles. The Bertz CT molecular complexity index is 594. The van der Waals surface area contributed by atoms with E-state index >= 15 is 0 Å². The Morgan fingerprint density at radius 2 is 2.32 bits per heavy atom. The number of amides is 1. The molecule has 2 N–H and O–H groups in total. The third kappa shape index (κ3) is 3.66. The van der Waals surface area contributed by atoms with Crippen molar-refractivity contribution in [1.82, 2.24) is 5.32 Å². The van der Waals surface area contributed by atoms with Crippen LogP contribution in [-0.4, -0.2) is 36.5 Å². The number of nitrogens with one attached hydrogen (secondary N) is 2. The van der Waals surface area contributed by atoms with E-state index in [9.17, 15) is 14.9 Å². The number of hydrogen-bond acceptors (Lipinski definition) is 5. The van der Waals surface area contributed by atoms with Crippen LogP contribution >= 0.6 is 11.6 Å². The minimum absolute atomic E-state index is 0.119. The third-order valence-corrected chi connectivity index (χ3v) is 3.96. The molecule has 1 atom stereocenters. The van der Waals surface area contributed by atoms with Crippen LogP contribution in [-0.2, 0) is 4.79 Å². The highest BCUT2D eigenvalue weighted by molar-refractivity contribution is 6.33. The molecule has 0 saturated carbocycles. The maximum absolute atomic E-state index is 11.3. The predicted octanol–water partition coefficient (Wildman–Crippen LogP) is 2.39. The summed E-state index contributed by atoms with van der Waals surface area (Å²) in [5.74, 6) is -0.375. The molecule has 0 radical (unpaired) electrons. The summed E-state index contributed by atoms with van der Waals surface area (Å²) in [6, 6.07) is 3.21. The van der Waals surface area contributed by atoms with Crippen molar-refractivity contribution in [3.8, 4) is 0 Å². The molecule has 120 valence electrons. The number of carbonyl (C=O) groups is 1. The Labute approximate surface area is 133 Å². The summed E-state index contributed by atoms with van der Waals surface area (Å²) in [5, 5.41) is 17.5. The Balaban J connectivity index is 2.37. The van der Waals surface area contributed by atoms with Crippen LogP contribution in [0.1, 0.15) is 20.3 Å². The van der Waals surface area contributed by atoms with Crippen molar-refractivity contribution in [2.75, 3.05) is 29.9 Å². The van der Waals surface area contributed by atoms with Gasteiger partial charge in [-0.15, -0.1) is 0 Å². The first kappa shape index (κ1) is 16.5. The maximum Gasteiger partial charge on any atom is 0.294 e. The third-order valence-electron chi connectivity index (χ3n) is 3.66. The standard InChI is InChI=1S/C14H19ClN4O3/c1-3-10-8-18(5-4-16-10)13-7-14(19(21)22)12(6-11(13)15)17-9(2)20/h6-7,10,16H,3-5,8H2,1-2H3,(H,17,20)/t10-/m0/s1. The highest BCUT2D eigenvalue weighted by atomic mass is 35.5. The average molecular weight is 327 g/mol. The summed E-state index contributed by atoms with van der Waals surface area (Å²) in [4.78, 5) is 24.0. The van der Waals surface area contributed by atoms with Crippen molar-refractivity contribution in [1.29, 1.82) is 0 Å². The number of nitro groups is 1. The van der Waals surface area contributed by atoms with Crippen LogP contribution in [0.4, 0.5) is 17.1 Å². The average Bonchev–Trinajstić information content (AvgIpc) is 2.46. The molecule has 0 unspecified atom stereocenters. The Hall–Kier alpha value is -1.86. The van der Waals surface area contributed by atoms with E-state index < -0.39 is 4.92 Å². The lowest BCUT2D eigenvalue weighted by atomic mass is 10.1. The summed E-state index contributed by atoms with van der Waals surface area (Å²) in [7, 11) is 0. The fourth-order valence-corrected chi connectivity index (χ4v) is 2.83. The zero-order valence-corrected chi connectivity index (χ0v) is 13.3. The number of halogens is 1. The van der Waals surface area contributed by atoms with Crippen LogP contribution in [0.3, 0.4) is 0 Å². The first-order valence-electron chi connectivity index (χ1n) is 7.16. The number of carbonyl (C=O) groups excluding carboxylic acids is 1. The minimum Gasteiger partial charge on any atom is -0.367 e. The second-order valence-corrected chi connectivity index (χ2v) is 5.67. The molecule has 22 heavy (non-hydrogen) atoms. The second-order valence-electron chi connectivity index (χ2n) is 5.26. The van der Waals surface area contributed by atoms with Crippen molar-refractivity contribution in [2.45, 2.75) is 26.3 Å². The van der Waals surface area contributed by atoms with Crippen molar-refractivity contribution in [3.05, 3.63) is 27.3 Å². The second kappa shape index (κ2) is 6.93. The highest BCUT2D eigenvalue weighted by Crippen LogP contribution is 2.36. The summed E-state index contributed by atoms with van der Waals surface area (Å²) in [6.07, 6.45) is 0.972. The van der Waals surface area contributed by atoms with Gasteiger partial charge in [0.05, 0.1) is 15.6 Å². The number of piperazine rings is 1. The molecule has 1 amide bonds. The van der Waals surface area contributed by atoms with Gasteiger partial charge in [0.15, 0.2) is 0 Å². The smallest absolute Gasteiger partial charge is 0.294 e. The lowest BCUT2D eigenvalue weighted by Crippen LogP contribution is -2.50. The minimum atomic E-state index is -0.509. The van der Waals surface area contributed by atoms with Crippen LogP contribution in [0.5, 0.6) is 0 Å². The topological polar surface area (TPSA) is 87.5 Å². The van der Waals surface area contributed by atoms with Gasteiger partial charge in [0, 0.05) is 38.7 Å². The fraction of sp³-hybridized carbons (Fsp3) is 0.500. The zero-order chi connectivity index (χ0) is 16.3.